The second kappa shape index (κ2) is 40.2. The number of amides is 2. The largest absolute Gasteiger partial charge is 0.460 e. The van der Waals surface area contributed by atoms with Gasteiger partial charge in [-0.05, 0) is 55.9 Å². The van der Waals surface area contributed by atoms with E-state index in [0.29, 0.717) is 57.8 Å². The third kappa shape index (κ3) is 29.9. The molecule has 0 aliphatic heterocycles. The molecule has 0 unspecified atom stereocenters. The van der Waals surface area contributed by atoms with Crippen molar-refractivity contribution in [2.24, 2.45) is 0 Å². The van der Waals surface area contributed by atoms with Crippen LogP contribution in [0.1, 0.15) is 187 Å². The Bertz CT molecular complexity index is 1630. The quantitative estimate of drug-likeness (QED) is 0.0484. The first kappa shape index (κ1) is 62.1. The van der Waals surface area contributed by atoms with Crippen LogP contribution in [0.3, 0.4) is 0 Å². The maximum absolute atomic E-state index is 13.7. The van der Waals surface area contributed by atoms with E-state index in [0.717, 1.165) is 41.5 Å². The summed E-state index contributed by atoms with van der Waals surface area (Å²) in [7, 11) is 0. The number of benzene rings is 2. The van der Waals surface area contributed by atoms with Crippen molar-refractivity contribution < 1.29 is 47.5 Å². The van der Waals surface area contributed by atoms with Crippen molar-refractivity contribution in [1.29, 1.82) is 0 Å². The van der Waals surface area contributed by atoms with Gasteiger partial charge in [-0.15, -0.1) is 0 Å². The molecule has 1 aliphatic rings. The molecule has 0 saturated heterocycles. The Balaban J connectivity index is 1.48. The molecule has 0 heterocycles. The lowest BCUT2D eigenvalue weighted by Crippen LogP contribution is -2.49. The zero-order valence-electron chi connectivity index (χ0n) is 44.9. The molecule has 0 fully saturated rings. The zero-order chi connectivity index (χ0) is 51.0. The van der Waals surface area contributed by atoms with Gasteiger partial charge in [0.05, 0.1) is 58.8 Å². The second-order valence-corrected chi connectivity index (χ2v) is 21.0. The van der Waals surface area contributed by atoms with Gasteiger partial charge in [0.2, 0.25) is 5.91 Å². The average Bonchev–Trinajstić information content (AvgIpc) is 3.67. The minimum absolute atomic E-state index is 0.0959. The third-order valence-corrected chi connectivity index (χ3v) is 13.7. The summed E-state index contributed by atoms with van der Waals surface area (Å²) < 4.78 is 40.6. The minimum atomic E-state index is -0.843. The van der Waals surface area contributed by atoms with Crippen LogP contribution in [0.15, 0.2) is 48.5 Å². The molecule has 0 aromatic heterocycles. The number of unbranched alkanes of at least 4 members (excludes halogenated alkanes) is 18. The van der Waals surface area contributed by atoms with Gasteiger partial charge >= 0.3 is 12.1 Å². The maximum atomic E-state index is 13.7. The van der Waals surface area contributed by atoms with E-state index in [1.165, 1.54) is 109 Å². The molecular formula is C58H96N2O10S. The van der Waals surface area contributed by atoms with Gasteiger partial charge < -0.3 is 43.8 Å². The van der Waals surface area contributed by atoms with Crippen LogP contribution >= 0.6 is 11.8 Å². The highest BCUT2D eigenvalue weighted by molar-refractivity contribution is 7.99. The molecule has 404 valence electrons. The van der Waals surface area contributed by atoms with E-state index in [4.69, 9.17) is 33.2 Å². The number of nitrogens with one attached hydrogen (secondary N) is 2. The van der Waals surface area contributed by atoms with E-state index in [-0.39, 0.29) is 56.7 Å². The lowest BCUT2D eigenvalue weighted by molar-refractivity contribution is -0.156. The van der Waals surface area contributed by atoms with Crippen molar-refractivity contribution in [1.82, 2.24) is 10.6 Å². The molecule has 12 nitrogen and oxygen atoms in total. The molecule has 0 radical (unpaired) electrons. The molecule has 71 heavy (non-hydrogen) atoms. The summed E-state index contributed by atoms with van der Waals surface area (Å²) in [6.07, 6.45) is 24.9. The van der Waals surface area contributed by atoms with Crippen LogP contribution in [-0.4, -0.2) is 120 Å². The van der Waals surface area contributed by atoms with Gasteiger partial charge in [0.15, 0.2) is 0 Å². The standard InChI is InChI=1S/C58H96N2O10S/c1-6-8-10-12-14-16-18-20-22-28-36-67-44-48(68-37-29-23-21-19-17-15-13-11-9-7-2)46-71-47-54(56(62)59-35-39-65-41-43-66-42-40-64-38-34-55(61)70-58(3,4)5)60-57(63)69-45-53-51-32-26-24-30-49(51)50-31-25-27-33-52(50)53/h24-27,30-33,48,53-54H,6-23,28-29,34-47H2,1-5H3,(H,59,62)(H,60,63)/t48-,54+/m1/s1. The van der Waals surface area contributed by atoms with Gasteiger partial charge in [-0.3, -0.25) is 9.59 Å². The number of rotatable bonds is 45. The van der Waals surface area contributed by atoms with Gasteiger partial charge in [0, 0.05) is 37.2 Å². The van der Waals surface area contributed by atoms with Crippen molar-refractivity contribution in [3.63, 3.8) is 0 Å². The molecule has 0 spiro atoms. The van der Waals surface area contributed by atoms with Crippen LogP contribution in [0.25, 0.3) is 11.1 Å². The summed E-state index contributed by atoms with van der Waals surface area (Å²) in [6, 6.07) is 15.6. The fraction of sp³-hybridized carbons (Fsp3) is 0.741. The van der Waals surface area contributed by atoms with Crippen molar-refractivity contribution >= 4 is 29.7 Å². The predicted molar refractivity (Wildman–Crippen MR) is 289 cm³/mol. The van der Waals surface area contributed by atoms with Gasteiger partial charge in [0.1, 0.15) is 18.2 Å². The average molecular weight is 1010 g/mol. The second-order valence-electron chi connectivity index (χ2n) is 20.0. The zero-order valence-corrected chi connectivity index (χ0v) is 45.7. The summed E-state index contributed by atoms with van der Waals surface area (Å²) in [5.74, 6) is 0.265. The van der Waals surface area contributed by atoms with Crippen molar-refractivity contribution in [3.8, 4) is 11.1 Å². The highest BCUT2D eigenvalue weighted by atomic mass is 32.2. The lowest BCUT2D eigenvalue weighted by atomic mass is 9.98. The number of hydrogen-bond acceptors (Lipinski definition) is 11. The minimum Gasteiger partial charge on any atom is -0.460 e. The Morgan fingerprint density at radius 3 is 1.62 bits per heavy atom. The van der Waals surface area contributed by atoms with Crippen LogP contribution in [0, 0.1) is 0 Å². The van der Waals surface area contributed by atoms with E-state index in [2.05, 4.69) is 48.7 Å². The molecule has 2 amide bonds. The first-order valence-electron chi connectivity index (χ1n) is 27.7. The molecule has 1 aliphatic carbocycles. The number of esters is 1. The Hall–Kier alpha value is -3.20. The third-order valence-electron chi connectivity index (χ3n) is 12.5. The fourth-order valence-corrected chi connectivity index (χ4v) is 9.69. The van der Waals surface area contributed by atoms with E-state index in [9.17, 15) is 14.4 Å². The Morgan fingerprint density at radius 2 is 1.07 bits per heavy atom. The van der Waals surface area contributed by atoms with Crippen molar-refractivity contribution in [3.05, 3.63) is 59.7 Å². The number of carbonyl (C=O) groups excluding carboxylic acids is 3. The monoisotopic (exact) mass is 1010 g/mol. The SMILES string of the molecule is CCCCCCCCCCCCOC[C@H](CSC[C@H](NC(=O)OCC1c2ccccc2-c2ccccc21)C(=O)NCCOCCOCCOCCC(=O)OC(C)(C)C)OCCCCCCCCCCCC. The summed E-state index contributed by atoms with van der Waals surface area (Å²) >= 11 is 1.58. The number of thioether (sulfide) groups is 1. The summed E-state index contributed by atoms with van der Waals surface area (Å²) in [6.45, 7) is 14.3. The van der Waals surface area contributed by atoms with E-state index < -0.39 is 17.7 Å². The molecular weight excluding hydrogens is 917 g/mol. The highest BCUT2D eigenvalue weighted by Gasteiger charge is 2.30. The van der Waals surface area contributed by atoms with Crippen LogP contribution in [0.5, 0.6) is 0 Å². The molecule has 13 heteroatoms. The van der Waals surface area contributed by atoms with Crippen LogP contribution in [0.2, 0.25) is 0 Å². The first-order chi connectivity index (χ1) is 34.6. The van der Waals surface area contributed by atoms with Crippen molar-refractivity contribution in [2.45, 2.75) is 193 Å². The molecule has 0 saturated carbocycles. The highest BCUT2D eigenvalue weighted by Crippen LogP contribution is 2.44. The van der Waals surface area contributed by atoms with Crippen LogP contribution < -0.4 is 10.6 Å². The topological polar surface area (TPSA) is 140 Å². The van der Waals surface area contributed by atoms with Gasteiger partial charge in [0.25, 0.3) is 0 Å². The Morgan fingerprint density at radius 1 is 0.577 bits per heavy atom. The van der Waals surface area contributed by atoms with Crippen LogP contribution in [-0.2, 0) is 42.7 Å². The number of hydrogen-bond donors (Lipinski definition) is 2. The number of carbonyl (C=O) groups is 3. The van der Waals surface area contributed by atoms with Crippen LogP contribution in [0.4, 0.5) is 4.79 Å². The summed E-state index contributed by atoms with van der Waals surface area (Å²) in [4.78, 5) is 39.1. The number of ether oxygens (including phenoxy) is 7. The van der Waals surface area contributed by atoms with Gasteiger partial charge in [-0.1, -0.05) is 178 Å². The molecule has 3 rings (SSSR count). The number of alkyl carbamates (subject to hydrolysis) is 1. The normalized spacial score (nSPS) is 13.1. The van der Waals surface area contributed by atoms with E-state index in [1.807, 2.05) is 45.0 Å². The molecule has 2 aromatic carbocycles. The van der Waals surface area contributed by atoms with Gasteiger partial charge in [-0.25, -0.2) is 4.79 Å². The molecule has 2 aromatic rings. The Labute approximate surface area is 434 Å². The summed E-state index contributed by atoms with van der Waals surface area (Å²) in [5.41, 5.74) is 4.04. The first-order valence-corrected chi connectivity index (χ1v) is 28.9. The maximum Gasteiger partial charge on any atom is 0.407 e. The van der Waals surface area contributed by atoms with Gasteiger partial charge in [-0.2, -0.15) is 11.8 Å². The lowest BCUT2D eigenvalue weighted by Gasteiger charge is -2.22. The van der Waals surface area contributed by atoms with Crippen molar-refractivity contribution in [2.75, 3.05) is 84.1 Å². The molecule has 2 N–H and O–H groups in total. The van der Waals surface area contributed by atoms with E-state index >= 15 is 0 Å². The smallest absolute Gasteiger partial charge is 0.407 e. The molecule has 0 bridgehead atoms. The number of fused-ring (bicyclic) bond motifs is 3. The molecule has 2 atom stereocenters. The summed E-state index contributed by atoms with van der Waals surface area (Å²) in [5, 5.41) is 5.84. The predicted octanol–water partition coefficient (Wildman–Crippen LogP) is 12.8. The fourth-order valence-electron chi connectivity index (χ4n) is 8.63. The van der Waals surface area contributed by atoms with E-state index in [1.54, 1.807) is 11.8 Å². The Kier molecular flexibility index (Phi) is 35.2.